The fraction of sp³-hybridized carbons (Fsp3) is 0.154. The van der Waals surface area contributed by atoms with Gasteiger partial charge in [0.2, 0.25) is 0 Å². The minimum Gasteiger partial charge on any atom is -0.379 e. The Bertz CT molecular complexity index is 635. The molecule has 4 nitrogen and oxygen atoms in total. The van der Waals surface area contributed by atoms with Gasteiger partial charge in [-0.05, 0) is 31.2 Å². The van der Waals surface area contributed by atoms with E-state index in [0.29, 0.717) is 0 Å². The molecule has 0 saturated heterocycles. The molecule has 17 heavy (non-hydrogen) atoms. The summed E-state index contributed by atoms with van der Waals surface area (Å²) in [4.78, 5) is 10.5. The Kier molecular flexibility index (Phi) is 2.33. The molecule has 0 saturated carbocycles. The van der Waals surface area contributed by atoms with Gasteiger partial charge in [0, 0.05) is 22.8 Å². The Morgan fingerprint density at radius 2 is 2.24 bits per heavy atom. The minimum atomic E-state index is 0.761. The predicted molar refractivity (Wildman–Crippen MR) is 69.0 cm³/mol. The second-order valence-electron chi connectivity index (χ2n) is 4.13. The van der Waals surface area contributed by atoms with E-state index in [1.165, 1.54) is 5.39 Å². The lowest BCUT2D eigenvalue weighted by molar-refractivity contribution is 1.05. The average molecular weight is 226 g/mol. The molecule has 0 fully saturated rings. The first-order valence-electron chi connectivity index (χ1n) is 5.63. The molecule has 2 aromatic heterocycles. The van der Waals surface area contributed by atoms with Crippen molar-refractivity contribution in [3.63, 3.8) is 0 Å². The normalized spacial score (nSPS) is 10.9. The summed E-state index contributed by atoms with van der Waals surface area (Å²) in [5.41, 5.74) is 3.37. The topological polar surface area (TPSA) is 56.5 Å². The molecular weight excluding hydrogens is 212 g/mol. The number of anilines is 1. The van der Waals surface area contributed by atoms with Gasteiger partial charge in [-0.25, -0.2) is 4.98 Å². The van der Waals surface area contributed by atoms with Crippen molar-refractivity contribution in [1.82, 2.24) is 15.0 Å². The van der Waals surface area contributed by atoms with Gasteiger partial charge in [-0.3, -0.25) is 0 Å². The number of nitrogens with zero attached hydrogens (tertiary/aromatic N) is 1. The fourth-order valence-electron chi connectivity index (χ4n) is 1.92. The van der Waals surface area contributed by atoms with E-state index in [0.717, 1.165) is 29.3 Å². The highest BCUT2D eigenvalue weighted by atomic mass is 15.0. The first kappa shape index (κ1) is 9.96. The highest BCUT2D eigenvalue weighted by molar-refractivity contribution is 5.82. The maximum absolute atomic E-state index is 4.17. The third-order valence-corrected chi connectivity index (χ3v) is 2.79. The van der Waals surface area contributed by atoms with Crippen LogP contribution in [0, 0.1) is 6.92 Å². The predicted octanol–water partition coefficient (Wildman–Crippen LogP) is 2.81. The summed E-state index contributed by atoms with van der Waals surface area (Å²) in [5, 5.41) is 4.59. The van der Waals surface area contributed by atoms with Crippen LogP contribution in [0.25, 0.3) is 10.9 Å². The van der Waals surface area contributed by atoms with Crippen LogP contribution in [0.4, 0.5) is 5.69 Å². The lowest BCUT2D eigenvalue weighted by Gasteiger charge is -2.04. The summed E-state index contributed by atoms with van der Waals surface area (Å²) < 4.78 is 0. The van der Waals surface area contributed by atoms with Crippen LogP contribution in [0.15, 0.2) is 36.7 Å². The number of fused-ring (bicyclic) bond motifs is 1. The van der Waals surface area contributed by atoms with Gasteiger partial charge in [0.15, 0.2) is 0 Å². The van der Waals surface area contributed by atoms with E-state index in [4.69, 9.17) is 0 Å². The van der Waals surface area contributed by atoms with Gasteiger partial charge in [0.1, 0.15) is 5.82 Å². The standard InChI is InChI=1S/C13H14N4/c1-9-15-7-12(17-9)8-16-11-2-3-13-10(6-11)4-5-14-13/h2-7,14,16H,8H2,1H3,(H,15,17). The van der Waals surface area contributed by atoms with E-state index in [-0.39, 0.29) is 0 Å². The van der Waals surface area contributed by atoms with Crippen LogP contribution in [-0.4, -0.2) is 15.0 Å². The van der Waals surface area contributed by atoms with Crippen molar-refractivity contribution in [3.8, 4) is 0 Å². The Morgan fingerprint density at radius 1 is 1.29 bits per heavy atom. The van der Waals surface area contributed by atoms with Crippen molar-refractivity contribution < 1.29 is 0 Å². The average Bonchev–Trinajstić information content (AvgIpc) is 2.94. The number of rotatable bonds is 3. The molecule has 3 aromatic rings. The van der Waals surface area contributed by atoms with E-state index < -0.39 is 0 Å². The quantitative estimate of drug-likeness (QED) is 0.643. The fourth-order valence-corrected chi connectivity index (χ4v) is 1.92. The Morgan fingerprint density at radius 3 is 3.06 bits per heavy atom. The van der Waals surface area contributed by atoms with Gasteiger partial charge in [-0.2, -0.15) is 0 Å². The largest absolute Gasteiger partial charge is 0.379 e. The Hall–Kier alpha value is -2.23. The van der Waals surface area contributed by atoms with E-state index in [1.807, 2.05) is 19.3 Å². The van der Waals surface area contributed by atoms with Crippen molar-refractivity contribution in [2.75, 3.05) is 5.32 Å². The SMILES string of the molecule is Cc1ncc(CNc2ccc3[nH]ccc3c2)[nH]1. The van der Waals surface area contributed by atoms with Crippen molar-refractivity contribution >= 4 is 16.6 Å². The number of H-pyrrole nitrogens is 2. The highest BCUT2D eigenvalue weighted by Crippen LogP contribution is 2.18. The smallest absolute Gasteiger partial charge is 0.103 e. The van der Waals surface area contributed by atoms with Crippen molar-refractivity contribution in [1.29, 1.82) is 0 Å². The van der Waals surface area contributed by atoms with Crippen LogP contribution in [0.3, 0.4) is 0 Å². The highest BCUT2D eigenvalue weighted by Gasteiger charge is 1.99. The van der Waals surface area contributed by atoms with Crippen LogP contribution >= 0.6 is 0 Å². The third-order valence-electron chi connectivity index (χ3n) is 2.79. The number of hydrogen-bond acceptors (Lipinski definition) is 2. The van der Waals surface area contributed by atoms with E-state index in [1.54, 1.807) is 0 Å². The van der Waals surface area contributed by atoms with E-state index in [2.05, 4.69) is 44.5 Å². The molecule has 1 aromatic carbocycles. The Balaban J connectivity index is 1.76. The lowest BCUT2D eigenvalue weighted by atomic mass is 10.2. The molecule has 0 atom stereocenters. The monoisotopic (exact) mass is 226 g/mol. The molecule has 0 spiro atoms. The summed E-state index contributed by atoms with van der Waals surface area (Å²) in [6.07, 6.45) is 3.81. The van der Waals surface area contributed by atoms with Gasteiger partial charge >= 0.3 is 0 Å². The maximum atomic E-state index is 4.17. The number of benzene rings is 1. The number of aromatic nitrogens is 3. The molecule has 0 bridgehead atoms. The maximum Gasteiger partial charge on any atom is 0.103 e. The summed E-state index contributed by atoms with van der Waals surface area (Å²) in [6, 6.07) is 8.36. The lowest BCUT2D eigenvalue weighted by Crippen LogP contribution is -1.99. The first-order valence-corrected chi connectivity index (χ1v) is 5.63. The van der Waals surface area contributed by atoms with Crippen LogP contribution in [0.1, 0.15) is 11.5 Å². The van der Waals surface area contributed by atoms with Crippen LogP contribution in [0.2, 0.25) is 0 Å². The zero-order valence-corrected chi connectivity index (χ0v) is 9.62. The number of hydrogen-bond donors (Lipinski definition) is 3. The number of aryl methyl sites for hydroxylation is 1. The van der Waals surface area contributed by atoms with Crippen molar-refractivity contribution in [2.24, 2.45) is 0 Å². The molecule has 4 heteroatoms. The molecule has 0 aliphatic heterocycles. The second-order valence-corrected chi connectivity index (χ2v) is 4.13. The molecule has 0 radical (unpaired) electrons. The van der Waals surface area contributed by atoms with Gasteiger partial charge in [0.25, 0.3) is 0 Å². The molecule has 0 aliphatic carbocycles. The van der Waals surface area contributed by atoms with E-state index >= 15 is 0 Å². The number of nitrogens with one attached hydrogen (secondary N) is 3. The molecular formula is C13H14N4. The second kappa shape index (κ2) is 3.97. The number of aromatic amines is 2. The number of imidazole rings is 1. The van der Waals surface area contributed by atoms with Crippen LogP contribution in [0.5, 0.6) is 0 Å². The van der Waals surface area contributed by atoms with Gasteiger partial charge in [0.05, 0.1) is 18.4 Å². The van der Waals surface area contributed by atoms with Gasteiger partial charge in [-0.1, -0.05) is 0 Å². The molecule has 0 aliphatic rings. The summed E-state index contributed by atoms with van der Waals surface area (Å²) in [5.74, 6) is 0.947. The van der Waals surface area contributed by atoms with Crippen molar-refractivity contribution in [3.05, 3.63) is 48.2 Å². The third kappa shape index (κ3) is 2.01. The van der Waals surface area contributed by atoms with Crippen LogP contribution in [-0.2, 0) is 6.54 Å². The first-order chi connectivity index (χ1) is 8.31. The van der Waals surface area contributed by atoms with Gasteiger partial charge in [-0.15, -0.1) is 0 Å². The van der Waals surface area contributed by atoms with Crippen LogP contribution < -0.4 is 5.32 Å². The summed E-state index contributed by atoms with van der Waals surface area (Å²) in [6.45, 7) is 2.71. The van der Waals surface area contributed by atoms with Gasteiger partial charge < -0.3 is 15.3 Å². The molecule has 2 heterocycles. The Labute approximate surface area is 99.1 Å². The van der Waals surface area contributed by atoms with E-state index in [9.17, 15) is 0 Å². The molecule has 0 unspecified atom stereocenters. The molecule has 3 rings (SSSR count). The zero-order valence-electron chi connectivity index (χ0n) is 9.62. The zero-order chi connectivity index (χ0) is 11.7. The van der Waals surface area contributed by atoms with Crippen molar-refractivity contribution in [2.45, 2.75) is 13.5 Å². The molecule has 0 amide bonds. The summed E-state index contributed by atoms with van der Waals surface area (Å²) >= 11 is 0. The molecule has 86 valence electrons. The molecule has 3 N–H and O–H groups in total. The minimum absolute atomic E-state index is 0.761. The summed E-state index contributed by atoms with van der Waals surface area (Å²) in [7, 11) is 0.